The minimum absolute atomic E-state index is 0.0264. The number of rotatable bonds is 7. The summed E-state index contributed by atoms with van der Waals surface area (Å²) in [5.41, 5.74) is 2.50. The number of hydrogen-bond acceptors (Lipinski definition) is 5. The Morgan fingerprint density at radius 1 is 1.36 bits per heavy atom. The molecule has 2 aromatic rings. The number of nitrogens with one attached hydrogen (secondary N) is 1. The van der Waals surface area contributed by atoms with Crippen LogP contribution in [-0.4, -0.2) is 43.2 Å². The van der Waals surface area contributed by atoms with Gasteiger partial charge < -0.3 is 10.4 Å². The van der Waals surface area contributed by atoms with Gasteiger partial charge in [0, 0.05) is 29.8 Å². The molecule has 0 aliphatic heterocycles. The van der Waals surface area contributed by atoms with E-state index in [0.29, 0.717) is 25.2 Å². The first-order valence-corrected chi connectivity index (χ1v) is 8.74. The van der Waals surface area contributed by atoms with Gasteiger partial charge in [0.25, 0.3) is 5.78 Å². The van der Waals surface area contributed by atoms with Gasteiger partial charge in [0.15, 0.2) is 0 Å². The second-order valence-corrected chi connectivity index (χ2v) is 7.69. The largest absolute Gasteiger partial charge is 0.392 e. The summed E-state index contributed by atoms with van der Waals surface area (Å²) in [4.78, 5) is 20.8. The molecule has 0 fully saturated rings. The summed E-state index contributed by atoms with van der Waals surface area (Å²) in [5, 5.41) is 17.4. The van der Waals surface area contributed by atoms with Crippen molar-refractivity contribution in [1.82, 2.24) is 24.9 Å². The van der Waals surface area contributed by atoms with Gasteiger partial charge in [0.05, 0.1) is 6.10 Å². The number of aliphatic hydroxyl groups excluding tert-OH is 1. The number of aryl methyl sites for hydroxylation is 2. The Hall–Kier alpha value is -2.02. The molecule has 2 heterocycles. The third-order valence-electron chi connectivity index (χ3n) is 4.76. The molecule has 2 N–H and O–H groups in total. The van der Waals surface area contributed by atoms with Crippen LogP contribution >= 0.6 is 0 Å². The van der Waals surface area contributed by atoms with Crippen molar-refractivity contribution < 1.29 is 9.90 Å². The van der Waals surface area contributed by atoms with Crippen LogP contribution in [0.15, 0.2) is 6.33 Å². The molecule has 1 amide bonds. The zero-order valence-electron chi connectivity index (χ0n) is 16.0. The van der Waals surface area contributed by atoms with Crippen LogP contribution in [0.1, 0.15) is 51.1 Å². The van der Waals surface area contributed by atoms with Gasteiger partial charge in [-0.1, -0.05) is 27.7 Å². The standard InChI is InChI=1S/C18H29N5O2/c1-11(2)16(25)18(5,6)9-19-15(24)8-7-14-12(3)22-17-20-10-21-23(17)13(14)4/h10-11,16,25H,7-9H2,1-6H3,(H,19,24). The first-order chi connectivity index (χ1) is 11.6. The number of carbonyl (C=O) groups excluding carboxylic acids is 1. The number of nitrogens with zero attached hydrogens (tertiary/aromatic N) is 4. The molecule has 0 saturated carbocycles. The smallest absolute Gasteiger partial charge is 0.252 e. The Morgan fingerprint density at radius 3 is 2.68 bits per heavy atom. The molecule has 0 aromatic carbocycles. The lowest BCUT2D eigenvalue weighted by Gasteiger charge is -2.33. The Balaban J connectivity index is 1.97. The lowest BCUT2D eigenvalue weighted by atomic mass is 9.80. The Bertz CT molecular complexity index is 751. The van der Waals surface area contributed by atoms with E-state index in [0.717, 1.165) is 17.0 Å². The van der Waals surface area contributed by atoms with Gasteiger partial charge in [-0.05, 0) is 31.7 Å². The summed E-state index contributed by atoms with van der Waals surface area (Å²) < 4.78 is 1.70. The predicted molar refractivity (Wildman–Crippen MR) is 96.2 cm³/mol. The third kappa shape index (κ3) is 4.34. The number of aromatic nitrogens is 4. The van der Waals surface area contributed by atoms with Crippen LogP contribution in [0.2, 0.25) is 0 Å². The number of amides is 1. The molecule has 0 bridgehead atoms. The molecule has 1 atom stereocenters. The third-order valence-corrected chi connectivity index (χ3v) is 4.76. The highest BCUT2D eigenvalue weighted by Crippen LogP contribution is 2.25. The van der Waals surface area contributed by atoms with Crippen LogP contribution in [-0.2, 0) is 11.2 Å². The van der Waals surface area contributed by atoms with E-state index in [-0.39, 0.29) is 17.2 Å². The molecule has 7 heteroatoms. The monoisotopic (exact) mass is 347 g/mol. The number of aliphatic hydroxyl groups is 1. The average molecular weight is 347 g/mol. The minimum atomic E-state index is -0.462. The highest BCUT2D eigenvalue weighted by atomic mass is 16.3. The van der Waals surface area contributed by atoms with Crippen molar-refractivity contribution in [2.75, 3.05) is 6.54 Å². The second-order valence-electron chi connectivity index (χ2n) is 7.69. The zero-order valence-corrected chi connectivity index (χ0v) is 16.0. The van der Waals surface area contributed by atoms with Crippen molar-refractivity contribution in [1.29, 1.82) is 0 Å². The van der Waals surface area contributed by atoms with Crippen LogP contribution in [0.5, 0.6) is 0 Å². The molecule has 7 nitrogen and oxygen atoms in total. The van der Waals surface area contributed by atoms with Crippen LogP contribution in [0, 0.1) is 25.2 Å². The van der Waals surface area contributed by atoms with Crippen LogP contribution < -0.4 is 5.32 Å². The fourth-order valence-electron chi connectivity index (χ4n) is 3.18. The van der Waals surface area contributed by atoms with E-state index < -0.39 is 6.10 Å². The van der Waals surface area contributed by atoms with Crippen molar-refractivity contribution in [3.05, 3.63) is 23.3 Å². The first-order valence-electron chi connectivity index (χ1n) is 8.74. The summed E-state index contributed by atoms with van der Waals surface area (Å²) in [7, 11) is 0. The lowest BCUT2D eigenvalue weighted by molar-refractivity contribution is -0.122. The maximum Gasteiger partial charge on any atom is 0.252 e. The van der Waals surface area contributed by atoms with Crippen molar-refractivity contribution >= 4 is 11.7 Å². The topological polar surface area (TPSA) is 92.4 Å². The predicted octanol–water partition coefficient (Wildman–Crippen LogP) is 1.83. The highest BCUT2D eigenvalue weighted by molar-refractivity contribution is 5.76. The van der Waals surface area contributed by atoms with Crippen LogP contribution in [0.25, 0.3) is 5.78 Å². The second kappa shape index (κ2) is 7.47. The van der Waals surface area contributed by atoms with Gasteiger partial charge in [-0.25, -0.2) is 9.50 Å². The van der Waals surface area contributed by atoms with Crippen molar-refractivity contribution in [3.8, 4) is 0 Å². The molecule has 25 heavy (non-hydrogen) atoms. The van der Waals surface area contributed by atoms with E-state index in [2.05, 4.69) is 20.4 Å². The molecule has 1 unspecified atom stereocenters. The number of fused-ring (bicyclic) bond motifs is 1. The summed E-state index contributed by atoms with van der Waals surface area (Å²) >= 11 is 0. The van der Waals surface area contributed by atoms with Crippen LogP contribution in [0.3, 0.4) is 0 Å². The summed E-state index contributed by atoms with van der Waals surface area (Å²) in [6, 6.07) is 0. The van der Waals surface area contributed by atoms with Crippen molar-refractivity contribution in [2.24, 2.45) is 11.3 Å². The number of hydrogen-bond donors (Lipinski definition) is 2. The SMILES string of the molecule is Cc1nc2ncnn2c(C)c1CCC(=O)NCC(C)(C)C(O)C(C)C. The summed E-state index contributed by atoms with van der Waals surface area (Å²) in [6.07, 6.45) is 1.99. The molecular weight excluding hydrogens is 318 g/mol. The average Bonchev–Trinajstić information content (AvgIpc) is 3.00. The normalized spacial score (nSPS) is 13.4. The van der Waals surface area contributed by atoms with Gasteiger partial charge in [-0.3, -0.25) is 4.79 Å². The van der Waals surface area contributed by atoms with Gasteiger partial charge in [-0.2, -0.15) is 10.1 Å². The molecule has 0 aliphatic rings. The van der Waals surface area contributed by atoms with E-state index in [4.69, 9.17) is 0 Å². The lowest BCUT2D eigenvalue weighted by Crippen LogP contribution is -2.43. The van der Waals surface area contributed by atoms with Gasteiger partial charge >= 0.3 is 0 Å². The van der Waals surface area contributed by atoms with Gasteiger partial charge in [-0.15, -0.1) is 0 Å². The molecule has 0 spiro atoms. The van der Waals surface area contributed by atoms with Gasteiger partial charge in [0.1, 0.15) is 6.33 Å². The van der Waals surface area contributed by atoms with E-state index in [9.17, 15) is 9.90 Å². The fraction of sp³-hybridized carbons (Fsp3) is 0.667. The van der Waals surface area contributed by atoms with E-state index in [1.54, 1.807) is 4.52 Å². The molecular formula is C18H29N5O2. The minimum Gasteiger partial charge on any atom is -0.392 e. The van der Waals surface area contributed by atoms with E-state index in [1.165, 1.54) is 6.33 Å². The molecule has 2 aromatic heterocycles. The Labute approximate surface area is 148 Å². The maximum absolute atomic E-state index is 12.2. The Kier molecular flexibility index (Phi) is 5.77. The molecule has 0 radical (unpaired) electrons. The van der Waals surface area contributed by atoms with E-state index in [1.807, 2.05) is 41.5 Å². The van der Waals surface area contributed by atoms with E-state index >= 15 is 0 Å². The summed E-state index contributed by atoms with van der Waals surface area (Å²) in [6.45, 7) is 12.2. The first kappa shape index (κ1) is 19.3. The number of carbonyl (C=O) groups is 1. The van der Waals surface area contributed by atoms with Crippen molar-refractivity contribution in [2.45, 2.75) is 60.5 Å². The molecule has 0 aliphatic carbocycles. The summed E-state index contributed by atoms with van der Waals surface area (Å²) in [5.74, 6) is 0.701. The molecule has 138 valence electrons. The molecule has 2 rings (SSSR count). The highest BCUT2D eigenvalue weighted by Gasteiger charge is 2.30. The van der Waals surface area contributed by atoms with Gasteiger partial charge in [0.2, 0.25) is 5.91 Å². The Morgan fingerprint density at radius 2 is 2.04 bits per heavy atom. The van der Waals surface area contributed by atoms with Crippen molar-refractivity contribution in [3.63, 3.8) is 0 Å². The quantitative estimate of drug-likeness (QED) is 0.797. The van der Waals surface area contributed by atoms with Crippen LogP contribution in [0.4, 0.5) is 0 Å². The fourth-order valence-corrected chi connectivity index (χ4v) is 3.18. The molecule has 0 saturated heterocycles. The zero-order chi connectivity index (χ0) is 18.8. The maximum atomic E-state index is 12.2.